The molecule has 0 fully saturated rings. The van der Waals surface area contributed by atoms with Gasteiger partial charge in [0.05, 0.1) is 10.5 Å². The Morgan fingerprint density at radius 2 is 2.12 bits per heavy atom. The highest BCUT2D eigenvalue weighted by molar-refractivity contribution is 8.19. The number of hydrogen-bond acceptors (Lipinski definition) is 3. The molecule has 0 saturated heterocycles. The minimum Gasteiger partial charge on any atom is -0.366 e. The van der Waals surface area contributed by atoms with Gasteiger partial charge >= 0.3 is 0 Å². The highest BCUT2D eigenvalue weighted by Crippen LogP contribution is 2.30. The number of carbonyl (C=O) groups is 2. The Bertz CT molecular complexity index is 408. The molecule has 5 heteroatoms. The maximum Gasteiger partial charge on any atom is 0.284 e. The van der Waals surface area contributed by atoms with Gasteiger partial charge in [0, 0.05) is 0 Å². The molecule has 0 aliphatic carbocycles. The number of primary amides is 1. The van der Waals surface area contributed by atoms with Crippen molar-refractivity contribution in [2.75, 3.05) is 0 Å². The summed E-state index contributed by atoms with van der Waals surface area (Å²) in [6.45, 7) is 3.84. The summed E-state index contributed by atoms with van der Waals surface area (Å²) in [7, 11) is 0. The van der Waals surface area contributed by atoms with Crippen molar-refractivity contribution < 1.29 is 9.59 Å². The van der Waals surface area contributed by atoms with Crippen molar-refractivity contribution in [3.8, 4) is 0 Å². The van der Waals surface area contributed by atoms with Crippen molar-refractivity contribution in [3.05, 3.63) is 22.6 Å². The lowest BCUT2D eigenvalue weighted by Crippen LogP contribution is -2.18. The number of amides is 2. The van der Waals surface area contributed by atoms with Gasteiger partial charge in [0.25, 0.3) is 11.8 Å². The highest BCUT2D eigenvalue weighted by Gasteiger charge is 2.25. The van der Waals surface area contributed by atoms with Crippen LogP contribution in [-0.4, -0.2) is 16.9 Å². The van der Waals surface area contributed by atoms with Gasteiger partial charge in [0.2, 0.25) is 0 Å². The molecule has 0 radical (unpaired) electrons. The zero-order valence-corrected chi connectivity index (χ0v) is 10.1. The fourth-order valence-corrected chi connectivity index (χ4v) is 2.26. The molecule has 0 aromatic heterocycles. The molecule has 0 bridgehead atoms. The maximum absolute atomic E-state index is 11.4. The summed E-state index contributed by atoms with van der Waals surface area (Å²) >= 11 is 1.21. The molecule has 0 atom stereocenters. The van der Waals surface area contributed by atoms with Crippen LogP contribution in [0.2, 0.25) is 0 Å². The predicted octanol–water partition coefficient (Wildman–Crippen LogP) is 1.77. The SMILES string of the molecule is CCC=C1SC(C(=CCC)C(N)=O)=NC1=O. The van der Waals surface area contributed by atoms with E-state index in [2.05, 4.69) is 4.99 Å². The molecular weight excluding hydrogens is 224 g/mol. The Morgan fingerprint density at radius 3 is 2.62 bits per heavy atom. The number of allylic oxidation sites excluding steroid dienone is 2. The van der Waals surface area contributed by atoms with Gasteiger partial charge in [-0.1, -0.05) is 37.8 Å². The number of nitrogens with zero attached hydrogens (tertiary/aromatic N) is 1. The van der Waals surface area contributed by atoms with Gasteiger partial charge in [-0.2, -0.15) is 0 Å². The normalized spacial score (nSPS) is 19.1. The minimum atomic E-state index is -0.543. The van der Waals surface area contributed by atoms with Gasteiger partial charge in [-0.05, 0) is 12.8 Å². The molecule has 0 spiro atoms. The lowest BCUT2D eigenvalue weighted by molar-refractivity contribution is -0.114. The summed E-state index contributed by atoms with van der Waals surface area (Å²) in [5, 5.41) is 0.416. The van der Waals surface area contributed by atoms with Crippen LogP contribution in [0.1, 0.15) is 26.7 Å². The standard InChI is InChI=1S/C11H14N2O2S/c1-3-5-7(9(12)14)11-13-10(15)8(16-11)6-4-2/h5-6H,3-4H2,1-2H3,(H2,12,14). The number of thioether (sulfide) groups is 1. The van der Waals surface area contributed by atoms with Crippen molar-refractivity contribution in [2.45, 2.75) is 26.7 Å². The summed E-state index contributed by atoms with van der Waals surface area (Å²) in [5.74, 6) is -0.830. The van der Waals surface area contributed by atoms with Crippen LogP contribution in [0.3, 0.4) is 0 Å². The lowest BCUT2D eigenvalue weighted by Gasteiger charge is -2.00. The van der Waals surface area contributed by atoms with Gasteiger partial charge in [-0.25, -0.2) is 4.99 Å². The van der Waals surface area contributed by atoms with E-state index in [9.17, 15) is 9.59 Å². The molecule has 1 heterocycles. The molecular formula is C11H14N2O2S. The zero-order chi connectivity index (χ0) is 12.1. The van der Waals surface area contributed by atoms with Crippen molar-refractivity contribution in [2.24, 2.45) is 10.7 Å². The topological polar surface area (TPSA) is 72.5 Å². The van der Waals surface area contributed by atoms with Crippen molar-refractivity contribution in [1.82, 2.24) is 0 Å². The first-order valence-electron chi connectivity index (χ1n) is 5.11. The van der Waals surface area contributed by atoms with E-state index in [1.54, 1.807) is 12.2 Å². The zero-order valence-electron chi connectivity index (χ0n) is 9.32. The van der Waals surface area contributed by atoms with E-state index >= 15 is 0 Å². The fourth-order valence-electron chi connectivity index (χ4n) is 1.24. The number of aliphatic imine (C=N–C) groups is 1. The molecule has 0 unspecified atom stereocenters. The third-order valence-electron chi connectivity index (χ3n) is 1.91. The average molecular weight is 238 g/mol. The van der Waals surface area contributed by atoms with Crippen molar-refractivity contribution in [3.63, 3.8) is 0 Å². The van der Waals surface area contributed by atoms with Crippen LogP contribution in [0.15, 0.2) is 27.6 Å². The Labute approximate surface area is 98.7 Å². The molecule has 2 amide bonds. The van der Waals surface area contributed by atoms with Gasteiger partial charge in [-0.15, -0.1) is 0 Å². The number of carbonyl (C=O) groups excluding carboxylic acids is 2. The van der Waals surface area contributed by atoms with E-state index in [4.69, 9.17) is 5.73 Å². The predicted molar refractivity (Wildman–Crippen MR) is 66.0 cm³/mol. The second-order valence-electron chi connectivity index (χ2n) is 3.19. The first kappa shape index (κ1) is 12.7. The van der Waals surface area contributed by atoms with Crippen LogP contribution >= 0.6 is 11.8 Å². The van der Waals surface area contributed by atoms with Crippen LogP contribution < -0.4 is 5.73 Å². The first-order chi connectivity index (χ1) is 7.60. The van der Waals surface area contributed by atoms with Gasteiger partial charge < -0.3 is 5.73 Å². The lowest BCUT2D eigenvalue weighted by atomic mass is 10.2. The largest absolute Gasteiger partial charge is 0.366 e. The smallest absolute Gasteiger partial charge is 0.284 e. The van der Waals surface area contributed by atoms with Crippen molar-refractivity contribution >= 4 is 28.6 Å². The van der Waals surface area contributed by atoms with E-state index in [0.717, 1.165) is 6.42 Å². The third-order valence-corrected chi connectivity index (χ3v) is 2.98. The van der Waals surface area contributed by atoms with Gasteiger partial charge in [-0.3, -0.25) is 9.59 Å². The fraction of sp³-hybridized carbons (Fsp3) is 0.364. The third kappa shape index (κ3) is 2.82. The van der Waals surface area contributed by atoms with Crippen LogP contribution in [0, 0.1) is 0 Å². The van der Waals surface area contributed by atoms with Crippen LogP contribution in [0.25, 0.3) is 0 Å². The van der Waals surface area contributed by atoms with Crippen LogP contribution in [0.5, 0.6) is 0 Å². The number of rotatable bonds is 4. The molecule has 2 N–H and O–H groups in total. The average Bonchev–Trinajstić information content (AvgIpc) is 2.57. The Hall–Kier alpha value is -1.36. The second-order valence-corrected chi connectivity index (χ2v) is 4.22. The summed E-state index contributed by atoms with van der Waals surface area (Å²) < 4.78 is 0. The quantitative estimate of drug-likeness (QED) is 0.759. The van der Waals surface area contributed by atoms with E-state index in [1.807, 2.05) is 13.8 Å². The second kappa shape index (κ2) is 5.65. The molecule has 0 saturated carbocycles. The molecule has 16 heavy (non-hydrogen) atoms. The molecule has 0 aromatic carbocycles. The first-order valence-corrected chi connectivity index (χ1v) is 5.93. The summed E-state index contributed by atoms with van der Waals surface area (Å²) in [4.78, 5) is 27.0. The van der Waals surface area contributed by atoms with E-state index < -0.39 is 5.91 Å². The molecule has 1 aliphatic heterocycles. The monoisotopic (exact) mass is 238 g/mol. The molecule has 4 nitrogen and oxygen atoms in total. The minimum absolute atomic E-state index is 0.287. The Kier molecular flexibility index (Phi) is 4.49. The van der Waals surface area contributed by atoms with E-state index in [0.29, 0.717) is 21.9 Å². The Balaban J connectivity index is 2.96. The molecule has 0 aromatic rings. The molecule has 1 aliphatic rings. The van der Waals surface area contributed by atoms with E-state index in [-0.39, 0.29) is 5.91 Å². The van der Waals surface area contributed by atoms with Crippen LogP contribution in [-0.2, 0) is 9.59 Å². The Morgan fingerprint density at radius 1 is 1.44 bits per heavy atom. The van der Waals surface area contributed by atoms with Crippen molar-refractivity contribution in [1.29, 1.82) is 0 Å². The molecule has 86 valence electrons. The summed E-state index contributed by atoms with van der Waals surface area (Å²) in [5.41, 5.74) is 5.57. The van der Waals surface area contributed by atoms with Gasteiger partial charge in [0.15, 0.2) is 0 Å². The molecule has 1 rings (SSSR count). The number of nitrogens with two attached hydrogens (primary N) is 1. The summed E-state index contributed by atoms with van der Waals surface area (Å²) in [6.07, 6.45) is 4.93. The van der Waals surface area contributed by atoms with Crippen LogP contribution in [0.4, 0.5) is 0 Å². The summed E-state index contributed by atoms with van der Waals surface area (Å²) in [6, 6.07) is 0. The van der Waals surface area contributed by atoms with E-state index in [1.165, 1.54) is 11.8 Å². The maximum atomic E-state index is 11.4. The highest BCUT2D eigenvalue weighted by atomic mass is 32.2. The number of hydrogen-bond donors (Lipinski definition) is 1. The van der Waals surface area contributed by atoms with Gasteiger partial charge in [0.1, 0.15) is 5.04 Å².